The fourth-order valence-electron chi connectivity index (χ4n) is 4.34. The maximum Gasteiger partial charge on any atom is 0.243 e. The van der Waals surface area contributed by atoms with Crippen LogP contribution in [0.3, 0.4) is 0 Å². The van der Waals surface area contributed by atoms with Crippen LogP contribution in [-0.4, -0.2) is 58.3 Å². The highest BCUT2D eigenvalue weighted by molar-refractivity contribution is 6.30. The highest BCUT2D eigenvalue weighted by atomic mass is 35.5. The van der Waals surface area contributed by atoms with Gasteiger partial charge in [-0.1, -0.05) is 59.2 Å². The first kappa shape index (κ1) is 25.9. The summed E-state index contributed by atoms with van der Waals surface area (Å²) in [5, 5.41) is 17.7. The Hall–Kier alpha value is -3.20. The van der Waals surface area contributed by atoms with Gasteiger partial charge in [-0.15, -0.1) is 0 Å². The van der Waals surface area contributed by atoms with E-state index in [0.29, 0.717) is 29.5 Å². The number of aryl methyl sites for hydroxylation is 1. The van der Waals surface area contributed by atoms with Crippen LogP contribution in [-0.2, 0) is 33.8 Å². The summed E-state index contributed by atoms with van der Waals surface area (Å²) in [6.45, 7) is 2.56. The Morgan fingerprint density at radius 1 is 1.19 bits per heavy atom. The van der Waals surface area contributed by atoms with Crippen LogP contribution in [0, 0.1) is 6.92 Å². The molecule has 3 atom stereocenters. The standard InChI is InChI=1S/C27H30ClN3O5/c1-18-11-24(36-30-18)14-26(33)31-15-23(32)13-25(31)27(34)29-22(12-19-7-9-21(28)10-8-19)17-35-16-20-5-3-2-4-6-20/h2-11,22-23,25,32H,12-17H2,1H3,(H,29,34)/t22-,23-,25+/m1/s1. The smallest absolute Gasteiger partial charge is 0.243 e. The van der Waals surface area contributed by atoms with Crippen LogP contribution in [0.2, 0.25) is 5.02 Å². The lowest BCUT2D eigenvalue weighted by molar-refractivity contribution is -0.138. The molecule has 1 fully saturated rings. The third-order valence-corrected chi connectivity index (χ3v) is 6.33. The molecule has 0 spiro atoms. The second-order valence-electron chi connectivity index (χ2n) is 9.10. The number of carbonyl (C=O) groups excluding carboxylic acids is 2. The van der Waals surface area contributed by atoms with Crippen molar-refractivity contribution in [3.63, 3.8) is 0 Å². The molecule has 8 nitrogen and oxygen atoms in total. The van der Waals surface area contributed by atoms with Crippen LogP contribution in [0.1, 0.15) is 29.0 Å². The summed E-state index contributed by atoms with van der Waals surface area (Å²) in [4.78, 5) is 27.7. The number of ether oxygens (including phenoxy) is 1. The van der Waals surface area contributed by atoms with E-state index < -0.39 is 12.1 Å². The van der Waals surface area contributed by atoms with Crippen molar-refractivity contribution in [1.29, 1.82) is 0 Å². The molecule has 2 heterocycles. The summed E-state index contributed by atoms with van der Waals surface area (Å²) in [6.07, 6.45) is -0.0968. The topological polar surface area (TPSA) is 105 Å². The molecule has 2 aromatic carbocycles. The molecule has 2 amide bonds. The van der Waals surface area contributed by atoms with Crippen LogP contribution in [0.4, 0.5) is 0 Å². The highest BCUT2D eigenvalue weighted by Gasteiger charge is 2.39. The van der Waals surface area contributed by atoms with E-state index in [9.17, 15) is 14.7 Å². The first-order valence-electron chi connectivity index (χ1n) is 11.9. The molecule has 0 unspecified atom stereocenters. The van der Waals surface area contributed by atoms with Crippen molar-refractivity contribution >= 4 is 23.4 Å². The number of halogens is 1. The lowest BCUT2D eigenvalue weighted by atomic mass is 10.1. The Labute approximate surface area is 215 Å². The summed E-state index contributed by atoms with van der Waals surface area (Å²) < 4.78 is 11.1. The molecule has 36 heavy (non-hydrogen) atoms. The van der Waals surface area contributed by atoms with Crippen molar-refractivity contribution in [2.75, 3.05) is 13.2 Å². The Balaban J connectivity index is 1.42. The molecule has 9 heteroatoms. The first-order chi connectivity index (χ1) is 17.4. The quantitative estimate of drug-likeness (QED) is 0.433. The number of β-amino-alcohol motifs (C(OH)–C–C–N with tert-alkyl or cyclic N) is 1. The Bertz CT molecular complexity index is 1150. The zero-order chi connectivity index (χ0) is 25.5. The normalized spacial score (nSPS) is 18.2. The molecule has 1 aliphatic heterocycles. The fraction of sp³-hybridized carbons (Fsp3) is 0.370. The minimum atomic E-state index is -0.779. The molecular formula is C27H30ClN3O5. The predicted molar refractivity (Wildman–Crippen MR) is 134 cm³/mol. The monoisotopic (exact) mass is 511 g/mol. The summed E-state index contributed by atoms with van der Waals surface area (Å²) in [7, 11) is 0. The van der Waals surface area contributed by atoms with Crippen molar-refractivity contribution in [3.05, 3.63) is 88.3 Å². The number of benzene rings is 2. The summed E-state index contributed by atoms with van der Waals surface area (Å²) in [5.41, 5.74) is 2.70. The van der Waals surface area contributed by atoms with E-state index >= 15 is 0 Å². The van der Waals surface area contributed by atoms with Gasteiger partial charge in [-0.25, -0.2) is 0 Å². The van der Waals surface area contributed by atoms with E-state index in [2.05, 4.69) is 10.5 Å². The molecule has 1 aliphatic rings. The van der Waals surface area contributed by atoms with Gasteiger partial charge in [0.15, 0.2) is 0 Å². The number of nitrogens with one attached hydrogen (secondary N) is 1. The van der Waals surface area contributed by atoms with Crippen LogP contribution >= 0.6 is 11.6 Å². The Kier molecular flexibility index (Phi) is 8.74. The lowest BCUT2D eigenvalue weighted by Gasteiger charge is -2.26. The largest absolute Gasteiger partial charge is 0.391 e. The SMILES string of the molecule is Cc1cc(CC(=O)N2C[C@H](O)C[C@H]2C(=O)N[C@@H](COCc2ccccc2)Cc2ccc(Cl)cc2)on1. The van der Waals surface area contributed by atoms with Crippen molar-refractivity contribution in [2.24, 2.45) is 0 Å². The maximum absolute atomic E-state index is 13.3. The van der Waals surface area contributed by atoms with Crippen LogP contribution in [0.15, 0.2) is 65.2 Å². The number of aliphatic hydroxyl groups is 1. The number of carbonyl (C=O) groups is 2. The summed E-state index contributed by atoms with van der Waals surface area (Å²) in [6, 6.07) is 17.8. The lowest BCUT2D eigenvalue weighted by Crippen LogP contribution is -2.50. The predicted octanol–water partition coefficient (Wildman–Crippen LogP) is 3.09. The second kappa shape index (κ2) is 12.2. The van der Waals surface area contributed by atoms with Gasteiger partial charge in [0.1, 0.15) is 11.8 Å². The van der Waals surface area contributed by atoms with Gasteiger partial charge in [-0.3, -0.25) is 9.59 Å². The Morgan fingerprint density at radius 2 is 1.94 bits per heavy atom. The molecule has 0 saturated carbocycles. The molecule has 1 saturated heterocycles. The van der Waals surface area contributed by atoms with Crippen LogP contribution in [0.25, 0.3) is 0 Å². The van der Waals surface area contributed by atoms with Gasteiger partial charge in [0.25, 0.3) is 0 Å². The molecule has 0 aliphatic carbocycles. The van der Waals surface area contributed by atoms with Crippen molar-refractivity contribution in [1.82, 2.24) is 15.4 Å². The van der Waals surface area contributed by atoms with E-state index in [1.165, 1.54) is 4.90 Å². The summed E-state index contributed by atoms with van der Waals surface area (Å²) >= 11 is 6.02. The minimum Gasteiger partial charge on any atom is -0.391 e. The average Bonchev–Trinajstić information content (AvgIpc) is 3.46. The van der Waals surface area contributed by atoms with E-state index in [4.69, 9.17) is 20.9 Å². The van der Waals surface area contributed by atoms with Gasteiger partial charge in [-0.2, -0.15) is 0 Å². The number of aliphatic hydroxyl groups excluding tert-OH is 1. The van der Waals surface area contributed by atoms with Gasteiger partial charge >= 0.3 is 0 Å². The number of nitrogens with zero attached hydrogens (tertiary/aromatic N) is 2. The third kappa shape index (κ3) is 7.16. The van der Waals surface area contributed by atoms with Gasteiger partial charge in [-0.05, 0) is 36.6 Å². The van der Waals surface area contributed by atoms with Crippen molar-refractivity contribution < 1.29 is 24.0 Å². The van der Waals surface area contributed by atoms with Gasteiger partial charge in [0.05, 0.1) is 37.5 Å². The van der Waals surface area contributed by atoms with Crippen LogP contribution < -0.4 is 5.32 Å². The average molecular weight is 512 g/mol. The van der Waals surface area contributed by atoms with E-state index in [1.54, 1.807) is 25.1 Å². The molecule has 3 aromatic rings. The molecule has 4 rings (SSSR count). The number of hydrogen-bond acceptors (Lipinski definition) is 6. The first-order valence-corrected chi connectivity index (χ1v) is 12.3. The van der Waals surface area contributed by atoms with E-state index in [0.717, 1.165) is 11.1 Å². The number of likely N-dealkylation sites (tertiary alicyclic amines) is 1. The number of hydrogen-bond donors (Lipinski definition) is 2. The molecule has 190 valence electrons. The van der Waals surface area contributed by atoms with Gasteiger partial charge < -0.3 is 24.6 Å². The zero-order valence-corrected chi connectivity index (χ0v) is 20.9. The molecule has 2 N–H and O–H groups in total. The number of aromatic nitrogens is 1. The molecule has 0 radical (unpaired) electrons. The number of amides is 2. The third-order valence-electron chi connectivity index (χ3n) is 6.08. The maximum atomic E-state index is 13.3. The molecular weight excluding hydrogens is 482 g/mol. The second-order valence-corrected chi connectivity index (χ2v) is 9.54. The zero-order valence-electron chi connectivity index (χ0n) is 20.1. The van der Waals surface area contributed by atoms with Crippen molar-refractivity contribution in [2.45, 2.75) is 51.0 Å². The fourth-order valence-corrected chi connectivity index (χ4v) is 4.46. The molecule has 0 bridgehead atoms. The molecule has 1 aromatic heterocycles. The number of rotatable bonds is 10. The van der Waals surface area contributed by atoms with Gasteiger partial charge in [0, 0.05) is 24.1 Å². The summed E-state index contributed by atoms with van der Waals surface area (Å²) in [5.74, 6) is -0.193. The van der Waals surface area contributed by atoms with Crippen LogP contribution in [0.5, 0.6) is 0 Å². The Morgan fingerprint density at radius 3 is 2.64 bits per heavy atom. The van der Waals surface area contributed by atoms with Crippen molar-refractivity contribution in [3.8, 4) is 0 Å². The van der Waals surface area contributed by atoms with Gasteiger partial charge in [0.2, 0.25) is 11.8 Å². The highest BCUT2D eigenvalue weighted by Crippen LogP contribution is 2.21. The minimum absolute atomic E-state index is 0.0221. The van der Waals surface area contributed by atoms with E-state index in [1.807, 2.05) is 42.5 Å². The van der Waals surface area contributed by atoms with E-state index in [-0.39, 0.29) is 43.8 Å².